The van der Waals surface area contributed by atoms with Gasteiger partial charge in [0.25, 0.3) is 0 Å². The van der Waals surface area contributed by atoms with Crippen LogP contribution in [-0.4, -0.2) is 43.9 Å². The van der Waals surface area contributed by atoms with Crippen molar-refractivity contribution in [2.45, 2.75) is 29.8 Å². The van der Waals surface area contributed by atoms with Crippen molar-refractivity contribution in [3.63, 3.8) is 0 Å². The van der Waals surface area contributed by atoms with Crippen LogP contribution in [0.2, 0.25) is 0 Å². The van der Waals surface area contributed by atoms with Gasteiger partial charge in [0.05, 0.1) is 18.3 Å². The van der Waals surface area contributed by atoms with Gasteiger partial charge in [0.15, 0.2) is 0 Å². The van der Waals surface area contributed by atoms with Crippen molar-refractivity contribution in [3.05, 3.63) is 23.8 Å². The van der Waals surface area contributed by atoms with E-state index in [2.05, 4.69) is 4.72 Å². The van der Waals surface area contributed by atoms with Gasteiger partial charge in [0.2, 0.25) is 10.0 Å². The van der Waals surface area contributed by atoms with Gasteiger partial charge in [0, 0.05) is 6.54 Å². The van der Waals surface area contributed by atoms with Crippen LogP contribution in [0, 0.1) is 0 Å². The zero-order valence-corrected chi connectivity index (χ0v) is 12.3. The highest BCUT2D eigenvalue weighted by molar-refractivity contribution is 7.89. The topological polar surface area (TPSA) is 113 Å². The minimum atomic E-state index is -3.88. The number of hydrogen-bond acceptors (Lipinski definition) is 5. The molecule has 8 heteroatoms. The number of ether oxygens (including phenoxy) is 1. The third kappa shape index (κ3) is 3.34. The maximum atomic E-state index is 12.2. The SMILES string of the molecule is COc1cc(C(=O)O)ccc1S(=O)(=O)NCC1(O)CCC1. The second kappa shape index (κ2) is 5.63. The molecule has 7 nitrogen and oxygen atoms in total. The van der Waals surface area contributed by atoms with E-state index in [9.17, 15) is 18.3 Å². The van der Waals surface area contributed by atoms with Gasteiger partial charge in [-0.15, -0.1) is 0 Å². The summed E-state index contributed by atoms with van der Waals surface area (Å²) in [5.41, 5.74) is -1.05. The molecule has 2 rings (SSSR count). The number of methoxy groups -OCH3 is 1. The average molecular weight is 315 g/mol. The van der Waals surface area contributed by atoms with Crippen molar-refractivity contribution in [1.82, 2.24) is 4.72 Å². The van der Waals surface area contributed by atoms with E-state index in [4.69, 9.17) is 9.84 Å². The van der Waals surface area contributed by atoms with Crippen molar-refractivity contribution in [1.29, 1.82) is 0 Å². The third-order valence-electron chi connectivity index (χ3n) is 3.58. The first-order valence-electron chi connectivity index (χ1n) is 6.41. The Balaban J connectivity index is 2.24. The number of aromatic carboxylic acids is 1. The van der Waals surface area contributed by atoms with Gasteiger partial charge in [-0.1, -0.05) is 0 Å². The van der Waals surface area contributed by atoms with E-state index >= 15 is 0 Å². The Morgan fingerprint density at radius 3 is 2.57 bits per heavy atom. The zero-order valence-electron chi connectivity index (χ0n) is 11.5. The first kappa shape index (κ1) is 15.7. The van der Waals surface area contributed by atoms with Gasteiger partial charge in [-0.3, -0.25) is 0 Å². The van der Waals surface area contributed by atoms with Crippen molar-refractivity contribution in [2.24, 2.45) is 0 Å². The molecule has 0 radical (unpaired) electrons. The summed E-state index contributed by atoms with van der Waals surface area (Å²) in [4.78, 5) is 10.7. The summed E-state index contributed by atoms with van der Waals surface area (Å²) < 4.78 is 31.7. The molecule has 1 aromatic carbocycles. The number of benzene rings is 1. The van der Waals surface area contributed by atoms with Crippen molar-refractivity contribution in [3.8, 4) is 5.75 Å². The van der Waals surface area contributed by atoms with E-state index in [1.807, 2.05) is 0 Å². The number of aliphatic hydroxyl groups is 1. The van der Waals surface area contributed by atoms with Gasteiger partial charge in [-0.05, 0) is 37.5 Å². The Hall–Kier alpha value is -1.64. The molecule has 1 saturated carbocycles. The third-order valence-corrected chi connectivity index (χ3v) is 5.02. The molecule has 0 bridgehead atoms. The Bertz CT molecular complexity index is 651. The lowest BCUT2D eigenvalue weighted by Crippen LogP contribution is -2.47. The highest BCUT2D eigenvalue weighted by atomic mass is 32.2. The highest BCUT2D eigenvalue weighted by Gasteiger charge is 2.36. The summed E-state index contributed by atoms with van der Waals surface area (Å²) in [7, 11) is -2.62. The Morgan fingerprint density at radius 1 is 1.43 bits per heavy atom. The van der Waals surface area contributed by atoms with Crippen LogP contribution in [-0.2, 0) is 10.0 Å². The van der Waals surface area contributed by atoms with Crippen molar-refractivity contribution in [2.75, 3.05) is 13.7 Å². The lowest BCUT2D eigenvalue weighted by atomic mass is 9.81. The lowest BCUT2D eigenvalue weighted by Gasteiger charge is -2.36. The molecule has 1 aliphatic carbocycles. The zero-order chi connectivity index (χ0) is 15.7. The molecule has 0 aromatic heterocycles. The van der Waals surface area contributed by atoms with Gasteiger partial charge >= 0.3 is 5.97 Å². The van der Waals surface area contributed by atoms with Gasteiger partial charge < -0.3 is 14.9 Å². The van der Waals surface area contributed by atoms with Crippen molar-refractivity contribution < 1.29 is 28.2 Å². The Kier molecular flexibility index (Phi) is 4.22. The number of carbonyl (C=O) groups is 1. The predicted molar refractivity (Wildman–Crippen MR) is 73.9 cm³/mol. The van der Waals surface area contributed by atoms with Crippen LogP contribution in [0.4, 0.5) is 0 Å². The van der Waals surface area contributed by atoms with Gasteiger partial charge in [-0.2, -0.15) is 0 Å². The minimum Gasteiger partial charge on any atom is -0.495 e. The molecule has 0 unspecified atom stereocenters. The quantitative estimate of drug-likeness (QED) is 0.708. The molecule has 0 atom stereocenters. The van der Waals surface area contributed by atoms with Crippen molar-refractivity contribution >= 4 is 16.0 Å². The Morgan fingerprint density at radius 2 is 2.10 bits per heavy atom. The molecular formula is C13H17NO6S. The van der Waals surface area contributed by atoms with Crippen LogP contribution in [0.1, 0.15) is 29.6 Å². The summed E-state index contributed by atoms with van der Waals surface area (Å²) in [5.74, 6) is -1.23. The van der Waals surface area contributed by atoms with Crippen LogP contribution >= 0.6 is 0 Å². The summed E-state index contributed by atoms with van der Waals surface area (Å²) in [5, 5.41) is 18.8. The van der Waals surface area contributed by atoms with E-state index < -0.39 is 21.6 Å². The fraction of sp³-hybridized carbons (Fsp3) is 0.462. The van der Waals surface area contributed by atoms with E-state index in [-0.39, 0.29) is 22.8 Å². The fourth-order valence-corrected chi connectivity index (χ4v) is 3.36. The summed E-state index contributed by atoms with van der Waals surface area (Å²) in [6.45, 7) is -0.0703. The minimum absolute atomic E-state index is 0.0528. The summed E-state index contributed by atoms with van der Waals surface area (Å²) >= 11 is 0. The number of carboxylic acids is 1. The molecular weight excluding hydrogens is 298 g/mol. The molecule has 116 valence electrons. The standard InChI is InChI=1S/C13H17NO6S/c1-20-10-7-9(12(15)16)3-4-11(10)21(18,19)14-8-13(17)5-2-6-13/h3-4,7,14,17H,2,5-6,8H2,1H3,(H,15,16). The van der Waals surface area contributed by atoms with Crippen LogP contribution < -0.4 is 9.46 Å². The first-order chi connectivity index (χ1) is 9.77. The van der Waals surface area contributed by atoms with Crippen LogP contribution in [0.5, 0.6) is 5.75 Å². The Labute approximate surface area is 122 Å². The molecule has 0 spiro atoms. The molecule has 1 aromatic rings. The van der Waals surface area contributed by atoms with Gasteiger partial charge in [-0.25, -0.2) is 17.9 Å². The lowest BCUT2D eigenvalue weighted by molar-refractivity contribution is -0.0271. The number of rotatable bonds is 6. The predicted octanol–water partition coefficient (Wildman–Crippen LogP) is 0.587. The van der Waals surface area contributed by atoms with E-state index in [1.165, 1.54) is 19.2 Å². The molecule has 1 aliphatic rings. The molecule has 3 N–H and O–H groups in total. The highest BCUT2D eigenvalue weighted by Crippen LogP contribution is 2.31. The second-order valence-corrected chi connectivity index (χ2v) is 6.81. The largest absolute Gasteiger partial charge is 0.495 e. The molecule has 0 aliphatic heterocycles. The molecule has 21 heavy (non-hydrogen) atoms. The average Bonchev–Trinajstić information content (AvgIpc) is 2.42. The van der Waals surface area contributed by atoms with Crippen LogP contribution in [0.15, 0.2) is 23.1 Å². The van der Waals surface area contributed by atoms with Crippen LogP contribution in [0.25, 0.3) is 0 Å². The monoisotopic (exact) mass is 315 g/mol. The maximum absolute atomic E-state index is 12.2. The number of hydrogen-bond donors (Lipinski definition) is 3. The van der Waals surface area contributed by atoms with Crippen LogP contribution in [0.3, 0.4) is 0 Å². The summed E-state index contributed by atoms with van der Waals surface area (Å²) in [6, 6.07) is 3.52. The first-order valence-corrected chi connectivity index (χ1v) is 7.89. The molecule has 0 amide bonds. The normalized spacial score (nSPS) is 17.0. The van der Waals surface area contributed by atoms with E-state index in [0.717, 1.165) is 12.5 Å². The smallest absolute Gasteiger partial charge is 0.335 e. The molecule has 0 heterocycles. The number of carboxylic acid groups (broad SMARTS) is 1. The van der Waals surface area contributed by atoms with E-state index in [1.54, 1.807) is 0 Å². The fourth-order valence-electron chi connectivity index (χ4n) is 2.09. The second-order valence-electron chi connectivity index (χ2n) is 5.07. The number of nitrogens with one attached hydrogen (secondary N) is 1. The maximum Gasteiger partial charge on any atom is 0.335 e. The van der Waals surface area contributed by atoms with Gasteiger partial charge in [0.1, 0.15) is 10.6 Å². The molecule has 0 saturated heterocycles. The number of sulfonamides is 1. The summed E-state index contributed by atoms with van der Waals surface area (Å²) in [6.07, 6.45) is 1.99. The van der Waals surface area contributed by atoms with E-state index in [0.29, 0.717) is 12.8 Å². The molecule has 1 fully saturated rings.